The molecular formula is C15H16BrFN2OS. The molecule has 21 heavy (non-hydrogen) atoms. The van der Waals surface area contributed by atoms with Crippen LogP contribution in [0.15, 0.2) is 22.7 Å². The van der Waals surface area contributed by atoms with Crippen LogP contribution in [0.25, 0.3) is 0 Å². The lowest BCUT2D eigenvalue weighted by Gasteiger charge is -2.06. The molecule has 0 spiro atoms. The lowest BCUT2D eigenvalue weighted by atomic mass is 10.2. The van der Waals surface area contributed by atoms with E-state index in [0.717, 1.165) is 17.1 Å². The maximum atomic E-state index is 13.0. The maximum absolute atomic E-state index is 13.0. The molecule has 0 aliphatic heterocycles. The molecule has 3 nitrogen and oxygen atoms in total. The number of nitrogens with one attached hydrogen (secondary N) is 1. The number of carbonyl (C=O) groups is 1. The van der Waals surface area contributed by atoms with Crippen LogP contribution in [0.5, 0.6) is 0 Å². The molecule has 0 aliphatic rings. The molecule has 0 saturated carbocycles. The number of carbonyl (C=O) groups excluding carboxylic acids is 1. The number of aryl methyl sites for hydroxylation is 2. The SMILES string of the molecule is CCc1nc(CCNC(=O)c2ccc(F)cc2Br)sc1C. The maximum Gasteiger partial charge on any atom is 0.252 e. The number of thiazole rings is 1. The Morgan fingerprint density at radius 1 is 1.48 bits per heavy atom. The Morgan fingerprint density at radius 3 is 2.86 bits per heavy atom. The zero-order chi connectivity index (χ0) is 15.4. The van der Waals surface area contributed by atoms with Gasteiger partial charge in [-0.2, -0.15) is 0 Å². The summed E-state index contributed by atoms with van der Waals surface area (Å²) in [5, 5.41) is 3.86. The number of hydrogen-bond donors (Lipinski definition) is 1. The van der Waals surface area contributed by atoms with Gasteiger partial charge in [0.15, 0.2) is 0 Å². The standard InChI is InChI=1S/C15H16BrFN2OS/c1-3-13-9(2)21-14(19-13)6-7-18-15(20)11-5-4-10(17)8-12(11)16/h4-5,8H,3,6-7H2,1-2H3,(H,18,20). The number of aromatic nitrogens is 1. The zero-order valence-electron chi connectivity index (χ0n) is 11.9. The fourth-order valence-electron chi connectivity index (χ4n) is 1.97. The van der Waals surface area contributed by atoms with Gasteiger partial charge < -0.3 is 5.32 Å². The summed E-state index contributed by atoms with van der Waals surface area (Å²) in [6.45, 7) is 4.66. The number of hydrogen-bond acceptors (Lipinski definition) is 3. The van der Waals surface area contributed by atoms with E-state index in [1.54, 1.807) is 11.3 Å². The average Bonchev–Trinajstić information content (AvgIpc) is 2.78. The largest absolute Gasteiger partial charge is 0.352 e. The van der Waals surface area contributed by atoms with Crippen LogP contribution in [-0.4, -0.2) is 17.4 Å². The molecule has 1 aromatic carbocycles. The summed E-state index contributed by atoms with van der Waals surface area (Å²) in [5.74, 6) is -0.588. The van der Waals surface area contributed by atoms with Gasteiger partial charge in [0.2, 0.25) is 0 Å². The predicted octanol–water partition coefficient (Wildman–Crippen LogP) is 3.89. The first-order valence-corrected chi connectivity index (χ1v) is 8.30. The van der Waals surface area contributed by atoms with Gasteiger partial charge >= 0.3 is 0 Å². The highest BCUT2D eigenvalue weighted by Gasteiger charge is 2.11. The van der Waals surface area contributed by atoms with Gasteiger partial charge in [-0.05, 0) is 47.5 Å². The van der Waals surface area contributed by atoms with Gasteiger partial charge in [-0.3, -0.25) is 4.79 Å². The van der Waals surface area contributed by atoms with E-state index < -0.39 is 0 Å². The minimum absolute atomic E-state index is 0.217. The molecule has 1 aromatic heterocycles. The highest BCUT2D eigenvalue weighted by molar-refractivity contribution is 9.10. The minimum atomic E-state index is -0.371. The van der Waals surface area contributed by atoms with Crippen molar-refractivity contribution in [3.8, 4) is 0 Å². The summed E-state index contributed by atoms with van der Waals surface area (Å²) >= 11 is 4.87. The molecule has 0 fully saturated rings. The van der Waals surface area contributed by atoms with E-state index in [2.05, 4.69) is 40.1 Å². The lowest BCUT2D eigenvalue weighted by Crippen LogP contribution is -2.26. The topological polar surface area (TPSA) is 42.0 Å². The van der Waals surface area contributed by atoms with Crippen LogP contribution in [0, 0.1) is 12.7 Å². The first kappa shape index (κ1) is 16.1. The Balaban J connectivity index is 1.92. The van der Waals surface area contributed by atoms with Crippen molar-refractivity contribution in [1.82, 2.24) is 10.3 Å². The Labute approximate surface area is 135 Å². The first-order chi connectivity index (χ1) is 10.0. The van der Waals surface area contributed by atoms with Crippen molar-refractivity contribution in [2.24, 2.45) is 0 Å². The molecule has 0 saturated heterocycles. The molecule has 0 atom stereocenters. The summed E-state index contributed by atoms with van der Waals surface area (Å²) in [4.78, 5) is 17.8. The quantitative estimate of drug-likeness (QED) is 0.867. The van der Waals surface area contributed by atoms with Gasteiger partial charge in [0.05, 0.1) is 16.3 Å². The Kier molecular flexibility index (Phi) is 5.47. The smallest absolute Gasteiger partial charge is 0.252 e. The van der Waals surface area contributed by atoms with E-state index in [0.29, 0.717) is 23.0 Å². The van der Waals surface area contributed by atoms with Gasteiger partial charge in [-0.25, -0.2) is 9.37 Å². The number of amides is 1. The summed E-state index contributed by atoms with van der Waals surface area (Å²) in [5.41, 5.74) is 1.56. The van der Waals surface area contributed by atoms with Crippen LogP contribution in [0.2, 0.25) is 0 Å². The van der Waals surface area contributed by atoms with Crippen molar-refractivity contribution in [3.63, 3.8) is 0 Å². The van der Waals surface area contributed by atoms with Crippen molar-refractivity contribution in [2.75, 3.05) is 6.54 Å². The Morgan fingerprint density at radius 2 is 2.24 bits per heavy atom. The second kappa shape index (κ2) is 7.13. The van der Waals surface area contributed by atoms with Crippen LogP contribution >= 0.6 is 27.3 Å². The third-order valence-electron chi connectivity index (χ3n) is 3.07. The Bertz CT molecular complexity index is 657. The summed E-state index contributed by atoms with van der Waals surface area (Å²) < 4.78 is 13.4. The van der Waals surface area contributed by atoms with Crippen molar-refractivity contribution in [2.45, 2.75) is 26.7 Å². The number of halogens is 2. The highest BCUT2D eigenvalue weighted by atomic mass is 79.9. The fraction of sp³-hybridized carbons (Fsp3) is 0.333. The summed E-state index contributed by atoms with van der Waals surface area (Å²) in [6, 6.07) is 4.03. The molecule has 2 rings (SSSR count). The van der Waals surface area contributed by atoms with Gasteiger partial charge in [-0.15, -0.1) is 11.3 Å². The van der Waals surface area contributed by atoms with Gasteiger partial charge in [-0.1, -0.05) is 6.92 Å². The number of nitrogens with zero attached hydrogens (tertiary/aromatic N) is 1. The van der Waals surface area contributed by atoms with Crippen molar-refractivity contribution in [3.05, 3.63) is 49.6 Å². The van der Waals surface area contributed by atoms with E-state index in [1.807, 2.05) is 0 Å². The van der Waals surface area contributed by atoms with Crippen molar-refractivity contribution >= 4 is 33.2 Å². The van der Waals surface area contributed by atoms with Gasteiger partial charge in [0.1, 0.15) is 5.82 Å². The lowest BCUT2D eigenvalue weighted by molar-refractivity contribution is 0.0953. The van der Waals surface area contributed by atoms with Crippen LogP contribution in [-0.2, 0) is 12.8 Å². The van der Waals surface area contributed by atoms with E-state index in [9.17, 15) is 9.18 Å². The minimum Gasteiger partial charge on any atom is -0.352 e. The molecule has 0 bridgehead atoms. The molecule has 2 aromatic rings. The van der Waals surface area contributed by atoms with Crippen LogP contribution in [0.4, 0.5) is 4.39 Å². The first-order valence-electron chi connectivity index (χ1n) is 6.69. The van der Waals surface area contributed by atoms with Gasteiger partial charge in [0, 0.05) is 22.3 Å². The second-order valence-corrected chi connectivity index (χ2v) is 6.74. The Hall–Kier alpha value is -1.27. The fourth-order valence-corrected chi connectivity index (χ4v) is 3.53. The van der Waals surface area contributed by atoms with Crippen LogP contribution < -0.4 is 5.32 Å². The summed E-state index contributed by atoms with van der Waals surface area (Å²) in [7, 11) is 0. The molecule has 0 aliphatic carbocycles. The van der Waals surface area contributed by atoms with Gasteiger partial charge in [0.25, 0.3) is 5.91 Å². The van der Waals surface area contributed by atoms with Crippen molar-refractivity contribution in [1.29, 1.82) is 0 Å². The molecule has 1 N–H and O–H groups in total. The molecule has 6 heteroatoms. The van der Waals surface area contributed by atoms with E-state index in [4.69, 9.17) is 0 Å². The molecule has 1 amide bonds. The van der Waals surface area contributed by atoms with E-state index in [-0.39, 0.29) is 11.7 Å². The van der Waals surface area contributed by atoms with Crippen LogP contribution in [0.3, 0.4) is 0 Å². The molecule has 0 unspecified atom stereocenters. The normalized spacial score (nSPS) is 10.7. The van der Waals surface area contributed by atoms with Crippen molar-refractivity contribution < 1.29 is 9.18 Å². The summed E-state index contributed by atoms with van der Waals surface area (Å²) in [6.07, 6.45) is 1.63. The molecular weight excluding hydrogens is 355 g/mol. The second-order valence-electron chi connectivity index (χ2n) is 4.59. The number of benzene rings is 1. The highest BCUT2D eigenvalue weighted by Crippen LogP contribution is 2.19. The molecule has 1 heterocycles. The third-order valence-corrected chi connectivity index (χ3v) is 4.80. The van der Waals surface area contributed by atoms with E-state index >= 15 is 0 Å². The zero-order valence-corrected chi connectivity index (χ0v) is 14.3. The van der Waals surface area contributed by atoms with E-state index in [1.165, 1.54) is 23.1 Å². The average molecular weight is 371 g/mol. The van der Waals surface area contributed by atoms with Crippen LogP contribution in [0.1, 0.15) is 32.9 Å². The third kappa shape index (κ3) is 4.11. The molecule has 0 radical (unpaired) electrons. The monoisotopic (exact) mass is 370 g/mol. The number of rotatable bonds is 5. The molecule has 112 valence electrons. The predicted molar refractivity (Wildman–Crippen MR) is 86.4 cm³/mol.